The molecule has 4 rings (SSSR count). The van der Waals surface area contributed by atoms with Gasteiger partial charge in [-0.25, -0.2) is 4.79 Å². The highest BCUT2D eigenvalue weighted by Gasteiger charge is 2.32. The van der Waals surface area contributed by atoms with E-state index in [9.17, 15) is 4.79 Å². The molecular weight excluding hydrogens is 304 g/mol. The lowest BCUT2D eigenvalue weighted by Gasteiger charge is -2.47. The highest BCUT2D eigenvalue weighted by Crippen LogP contribution is 2.20. The molecular formula is C18H34N4O2. The molecule has 0 aliphatic carbocycles. The van der Waals surface area contributed by atoms with Crippen molar-refractivity contribution in [2.75, 3.05) is 58.9 Å². The number of carbonyl (C=O) groups is 1. The number of ether oxygens (including phenoxy) is 1. The van der Waals surface area contributed by atoms with Gasteiger partial charge in [0.2, 0.25) is 0 Å². The van der Waals surface area contributed by atoms with Gasteiger partial charge in [-0.05, 0) is 46.1 Å². The Hall–Kier alpha value is -0.850. The summed E-state index contributed by atoms with van der Waals surface area (Å²) in [5.41, 5.74) is -0.403. The molecule has 138 valence electrons. The van der Waals surface area contributed by atoms with Crippen molar-refractivity contribution in [3.63, 3.8) is 0 Å². The minimum Gasteiger partial charge on any atom is -0.444 e. The number of nitrogens with one attached hydrogen (secondary N) is 1. The number of rotatable bonds is 4. The lowest BCUT2D eigenvalue weighted by molar-refractivity contribution is 0.0119. The number of nitrogens with zero attached hydrogens (tertiary/aromatic N) is 3. The Kier molecular flexibility index (Phi) is 5.67. The molecule has 4 fully saturated rings. The third kappa shape index (κ3) is 4.83. The maximum Gasteiger partial charge on any atom is 0.410 e. The number of hydrogen-bond donors (Lipinski definition) is 1. The fraction of sp³-hybridized carbons (Fsp3) is 0.944. The van der Waals surface area contributed by atoms with Gasteiger partial charge in [-0.15, -0.1) is 0 Å². The summed E-state index contributed by atoms with van der Waals surface area (Å²) in [5.74, 6) is 0.680. The van der Waals surface area contributed by atoms with Crippen LogP contribution in [0.4, 0.5) is 4.79 Å². The van der Waals surface area contributed by atoms with E-state index in [1.807, 2.05) is 25.7 Å². The van der Waals surface area contributed by atoms with Crippen LogP contribution in [0, 0.1) is 5.92 Å². The molecule has 2 bridgehead atoms. The van der Waals surface area contributed by atoms with Gasteiger partial charge in [-0.3, -0.25) is 9.80 Å². The summed E-state index contributed by atoms with van der Waals surface area (Å²) in [5, 5.41) is 3.69. The largest absolute Gasteiger partial charge is 0.444 e. The monoisotopic (exact) mass is 338 g/mol. The minimum atomic E-state index is -0.403. The van der Waals surface area contributed by atoms with Crippen LogP contribution in [0.1, 0.15) is 33.6 Å². The fourth-order valence-corrected chi connectivity index (χ4v) is 4.02. The van der Waals surface area contributed by atoms with Crippen LogP contribution in [0.25, 0.3) is 0 Å². The van der Waals surface area contributed by atoms with Gasteiger partial charge in [0.25, 0.3) is 0 Å². The van der Waals surface area contributed by atoms with Crippen LogP contribution >= 0.6 is 0 Å². The third-order valence-corrected chi connectivity index (χ3v) is 5.47. The third-order valence-electron chi connectivity index (χ3n) is 5.47. The van der Waals surface area contributed by atoms with Crippen LogP contribution in [0.2, 0.25) is 0 Å². The van der Waals surface area contributed by atoms with Crippen molar-refractivity contribution in [1.82, 2.24) is 20.0 Å². The minimum absolute atomic E-state index is 0.158. The maximum absolute atomic E-state index is 12.1. The highest BCUT2D eigenvalue weighted by atomic mass is 16.6. The SMILES string of the molecule is CC(C)(C)OC(=O)N1CCC(CNCC2CN3CCN2CC3)CC1. The zero-order valence-electron chi connectivity index (χ0n) is 15.6. The first-order chi connectivity index (χ1) is 11.4. The Morgan fingerprint density at radius 1 is 1.04 bits per heavy atom. The van der Waals surface area contributed by atoms with E-state index in [1.54, 1.807) is 0 Å². The van der Waals surface area contributed by atoms with Gasteiger partial charge < -0.3 is 15.0 Å². The molecule has 0 saturated carbocycles. The molecule has 0 aromatic heterocycles. The summed E-state index contributed by atoms with van der Waals surface area (Å²) in [6.45, 7) is 15.8. The first kappa shape index (κ1) is 18.0. The van der Waals surface area contributed by atoms with Crippen LogP contribution in [0.15, 0.2) is 0 Å². The molecule has 1 amide bonds. The van der Waals surface area contributed by atoms with Crippen LogP contribution in [-0.2, 0) is 4.74 Å². The van der Waals surface area contributed by atoms with Crippen LogP contribution in [-0.4, -0.2) is 91.3 Å². The van der Waals surface area contributed by atoms with Gasteiger partial charge >= 0.3 is 6.09 Å². The molecule has 1 N–H and O–H groups in total. The van der Waals surface area contributed by atoms with Gasteiger partial charge in [-0.1, -0.05) is 0 Å². The molecule has 0 spiro atoms. The normalized spacial score (nSPS) is 31.3. The van der Waals surface area contributed by atoms with Crippen LogP contribution in [0.3, 0.4) is 0 Å². The van der Waals surface area contributed by atoms with Crippen molar-refractivity contribution in [2.45, 2.75) is 45.3 Å². The lowest BCUT2D eigenvalue weighted by atomic mass is 9.97. The van der Waals surface area contributed by atoms with E-state index in [0.717, 1.165) is 39.0 Å². The van der Waals surface area contributed by atoms with Gasteiger partial charge in [0.15, 0.2) is 0 Å². The Balaban J connectivity index is 1.32. The van der Waals surface area contributed by atoms with Gasteiger partial charge in [0.1, 0.15) is 5.60 Å². The summed E-state index contributed by atoms with van der Waals surface area (Å²) in [6, 6.07) is 0.689. The van der Waals surface area contributed by atoms with Crippen LogP contribution in [0.5, 0.6) is 0 Å². The number of amides is 1. The Bertz CT molecular complexity index is 421. The van der Waals surface area contributed by atoms with Crippen molar-refractivity contribution in [2.24, 2.45) is 5.92 Å². The number of hydrogen-bond acceptors (Lipinski definition) is 5. The molecule has 0 radical (unpaired) electrons. The average Bonchev–Trinajstić information content (AvgIpc) is 2.55. The van der Waals surface area contributed by atoms with Crippen molar-refractivity contribution in [1.29, 1.82) is 0 Å². The van der Waals surface area contributed by atoms with Gasteiger partial charge in [0.05, 0.1) is 0 Å². The van der Waals surface area contributed by atoms with Crippen molar-refractivity contribution in [3.8, 4) is 0 Å². The number of piperidine rings is 1. The second-order valence-corrected chi connectivity index (χ2v) is 8.56. The number of piperazine rings is 3. The lowest BCUT2D eigenvalue weighted by Crippen LogP contribution is -2.63. The summed E-state index contributed by atoms with van der Waals surface area (Å²) in [7, 11) is 0. The van der Waals surface area contributed by atoms with Gasteiger partial charge in [-0.2, -0.15) is 0 Å². The van der Waals surface area contributed by atoms with Crippen molar-refractivity contribution >= 4 is 6.09 Å². The first-order valence-electron chi connectivity index (χ1n) is 9.56. The topological polar surface area (TPSA) is 48.1 Å². The van der Waals surface area contributed by atoms with E-state index in [1.165, 1.54) is 32.7 Å². The Labute approximate surface area is 146 Å². The predicted octanol–water partition coefficient (Wildman–Crippen LogP) is 1.22. The standard InChI is InChI=1S/C18H34N4O2/c1-18(2,3)24-17(23)22-6-4-15(5-7-22)12-19-13-16-14-20-8-10-21(16)11-9-20/h15-16,19H,4-14H2,1-3H3. The molecule has 4 saturated heterocycles. The molecule has 4 aliphatic heterocycles. The molecule has 0 aromatic rings. The second-order valence-electron chi connectivity index (χ2n) is 8.56. The maximum atomic E-state index is 12.1. The average molecular weight is 338 g/mol. The zero-order valence-corrected chi connectivity index (χ0v) is 15.6. The van der Waals surface area contributed by atoms with Crippen molar-refractivity contribution in [3.05, 3.63) is 0 Å². The molecule has 4 heterocycles. The molecule has 24 heavy (non-hydrogen) atoms. The van der Waals surface area contributed by atoms with E-state index >= 15 is 0 Å². The van der Waals surface area contributed by atoms with Gasteiger partial charge in [0, 0.05) is 58.4 Å². The van der Waals surface area contributed by atoms with Crippen LogP contribution < -0.4 is 5.32 Å². The Morgan fingerprint density at radius 2 is 1.71 bits per heavy atom. The quantitative estimate of drug-likeness (QED) is 0.835. The molecule has 1 unspecified atom stereocenters. The molecule has 4 aliphatic rings. The number of likely N-dealkylation sites (tertiary alicyclic amines) is 1. The Morgan fingerprint density at radius 3 is 2.25 bits per heavy atom. The highest BCUT2D eigenvalue weighted by molar-refractivity contribution is 5.68. The smallest absolute Gasteiger partial charge is 0.410 e. The molecule has 0 aromatic carbocycles. The van der Waals surface area contributed by atoms with Crippen molar-refractivity contribution < 1.29 is 9.53 Å². The summed E-state index contributed by atoms with van der Waals surface area (Å²) in [4.78, 5) is 19.2. The van der Waals surface area contributed by atoms with E-state index in [-0.39, 0.29) is 6.09 Å². The van der Waals surface area contributed by atoms with E-state index in [0.29, 0.717) is 12.0 Å². The first-order valence-corrected chi connectivity index (χ1v) is 9.56. The molecule has 6 heteroatoms. The molecule has 1 atom stereocenters. The second kappa shape index (κ2) is 7.58. The van der Waals surface area contributed by atoms with E-state index in [2.05, 4.69) is 15.1 Å². The number of carbonyl (C=O) groups excluding carboxylic acids is 1. The fourth-order valence-electron chi connectivity index (χ4n) is 4.02. The van der Waals surface area contributed by atoms with E-state index in [4.69, 9.17) is 4.74 Å². The van der Waals surface area contributed by atoms with E-state index < -0.39 is 5.60 Å². The summed E-state index contributed by atoms with van der Waals surface area (Å²) < 4.78 is 5.46. The number of fused-ring (bicyclic) bond motifs is 3. The molecule has 6 nitrogen and oxygen atoms in total. The summed E-state index contributed by atoms with van der Waals surface area (Å²) >= 11 is 0. The zero-order chi connectivity index (χ0) is 17.2. The predicted molar refractivity (Wildman–Crippen MR) is 95.2 cm³/mol. The summed E-state index contributed by atoms with van der Waals surface area (Å²) in [6.07, 6.45) is 1.99.